The molecule has 10 nitrogen and oxygen atoms in total. The summed E-state index contributed by atoms with van der Waals surface area (Å²) in [7, 11) is -1.95. The predicted octanol–water partition coefficient (Wildman–Crippen LogP) is 4.89. The molecule has 0 saturated heterocycles. The Balaban J connectivity index is 1.35. The molecule has 236 valence electrons. The fourth-order valence-corrected chi connectivity index (χ4v) is 6.90. The van der Waals surface area contributed by atoms with Gasteiger partial charge in [0.1, 0.15) is 23.9 Å². The van der Waals surface area contributed by atoms with Crippen molar-refractivity contribution in [2.24, 2.45) is 5.92 Å². The number of amides is 1. The Kier molecular flexibility index (Phi) is 8.13. The fraction of sp³-hybridized carbons (Fsp3) is 0.364. The van der Waals surface area contributed by atoms with Gasteiger partial charge in [0.15, 0.2) is 0 Å². The van der Waals surface area contributed by atoms with Crippen LogP contribution in [-0.4, -0.2) is 63.4 Å². The van der Waals surface area contributed by atoms with Crippen molar-refractivity contribution in [3.8, 4) is 22.8 Å². The van der Waals surface area contributed by atoms with Crippen LogP contribution in [-0.2, 0) is 20.2 Å². The summed E-state index contributed by atoms with van der Waals surface area (Å²) in [4.78, 5) is 24.2. The second-order valence-corrected chi connectivity index (χ2v) is 13.9. The standard InChI is InChI=1S/C33H36FN5O5S/c1-20(2)35-10-11-43-31-28(38-45(4,41)42)12-22(17-37-31)24-13-25-27(14-26(24)34)36-18-29-30(25)33(32(40)39(29)3)15-21(16-33)19-44-23-8-6-5-7-9-23/h5-9,12-14,17-18,20-21,35,38H,10-11,15-16,19H2,1-4H3. The molecule has 0 bridgehead atoms. The zero-order valence-electron chi connectivity index (χ0n) is 25.6. The number of nitrogens with one attached hydrogen (secondary N) is 2. The molecule has 2 aromatic carbocycles. The van der Waals surface area contributed by atoms with Crippen molar-refractivity contribution < 1.29 is 27.1 Å². The minimum Gasteiger partial charge on any atom is -0.493 e. The number of anilines is 2. The van der Waals surface area contributed by atoms with E-state index in [1.54, 1.807) is 24.2 Å². The molecule has 1 amide bonds. The van der Waals surface area contributed by atoms with Gasteiger partial charge in [-0.3, -0.25) is 14.5 Å². The summed E-state index contributed by atoms with van der Waals surface area (Å²) in [5.74, 6) is 0.483. The van der Waals surface area contributed by atoms with E-state index < -0.39 is 21.3 Å². The summed E-state index contributed by atoms with van der Waals surface area (Å²) in [6.07, 6.45) is 5.31. The van der Waals surface area contributed by atoms with Crippen LogP contribution in [0.2, 0.25) is 0 Å². The smallest absolute Gasteiger partial charge is 0.238 e. The van der Waals surface area contributed by atoms with Crippen LogP contribution >= 0.6 is 0 Å². The topological polar surface area (TPSA) is 123 Å². The monoisotopic (exact) mass is 633 g/mol. The van der Waals surface area contributed by atoms with Crippen LogP contribution < -0.4 is 24.4 Å². The molecule has 1 spiro atoms. The largest absolute Gasteiger partial charge is 0.493 e. The van der Waals surface area contributed by atoms with Crippen LogP contribution in [0.4, 0.5) is 15.8 Å². The van der Waals surface area contributed by atoms with Crippen LogP contribution in [0.25, 0.3) is 22.0 Å². The number of fused-ring (bicyclic) bond motifs is 4. The Labute approximate surface area is 262 Å². The van der Waals surface area contributed by atoms with E-state index in [1.165, 1.54) is 18.3 Å². The van der Waals surface area contributed by atoms with Crippen molar-refractivity contribution in [1.29, 1.82) is 0 Å². The zero-order chi connectivity index (χ0) is 31.9. The Bertz CT molecular complexity index is 1860. The van der Waals surface area contributed by atoms with Gasteiger partial charge in [0, 0.05) is 54.0 Å². The number of pyridine rings is 2. The average Bonchev–Trinajstić information content (AvgIpc) is 3.20. The Morgan fingerprint density at radius 1 is 1.09 bits per heavy atom. The van der Waals surface area contributed by atoms with Gasteiger partial charge in [0.05, 0.1) is 35.7 Å². The number of aromatic nitrogens is 2. The summed E-state index contributed by atoms with van der Waals surface area (Å²) in [5, 5.41) is 3.89. The second kappa shape index (κ2) is 11.9. The van der Waals surface area contributed by atoms with E-state index in [9.17, 15) is 13.2 Å². The van der Waals surface area contributed by atoms with E-state index >= 15 is 4.39 Å². The fourth-order valence-electron chi connectivity index (χ4n) is 6.35. The molecule has 0 radical (unpaired) electrons. The molecule has 4 aromatic rings. The molecule has 2 N–H and O–H groups in total. The minimum atomic E-state index is -3.69. The van der Waals surface area contributed by atoms with Gasteiger partial charge >= 0.3 is 0 Å². The molecule has 1 aliphatic heterocycles. The van der Waals surface area contributed by atoms with Gasteiger partial charge in [0.25, 0.3) is 0 Å². The van der Waals surface area contributed by atoms with Crippen molar-refractivity contribution in [3.63, 3.8) is 0 Å². The van der Waals surface area contributed by atoms with Gasteiger partial charge in [-0.15, -0.1) is 0 Å². The first-order valence-electron chi connectivity index (χ1n) is 14.9. The van der Waals surface area contributed by atoms with E-state index in [2.05, 4.69) is 20.0 Å². The number of ether oxygens (including phenoxy) is 2. The summed E-state index contributed by atoms with van der Waals surface area (Å²) in [6.45, 7) is 5.29. The highest BCUT2D eigenvalue weighted by molar-refractivity contribution is 7.92. The molecule has 6 rings (SSSR count). The van der Waals surface area contributed by atoms with Gasteiger partial charge in [-0.2, -0.15) is 0 Å². The lowest BCUT2D eigenvalue weighted by Gasteiger charge is -2.44. The molecule has 1 fully saturated rings. The number of nitrogens with zero attached hydrogens (tertiary/aromatic N) is 3. The van der Waals surface area contributed by atoms with E-state index in [-0.39, 0.29) is 41.6 Å². The van der Waals surface area contributed by atoms with Crippen molar-refractivity contribution in [3.05, 3.63) is 72.3 Å². The summed E-state index contributed by atoms with van der Waals surface area (Å²) in [5.41, 5.74) is 1.86. The number of para-hydroxylation sites is 1. The van der Waals surface area contributed by atoms with Gasteiger partial charge < -0.3 is 19.7 Å². The quantitative estimate of drug-likeness (QED) is 0.224. The molecule has 0 atom stereocenters. The molecule has 0 unspecified atom stereocenters. The average molecular weight is 634 g/mol. The third-order valence-electron chi connectivity index (χ3n) is 8.34. The predicted molar refractivity (Wildman–Crippen MR) is 172 cm³/mol. The third-order valence-corrected chi connectivity index (χ3v) is 8.94. The molecule has 45 heavy (non-hydrogen) atoms. The van der Waals surface area contributed by atoms with Gasteiger partial charge in [-0.1, -0.05) is 32.0 Å². The first-order chi connectivity index (χ1) is 21.4. The Hall–Kier alpha value is -4.29. The van der Waals surface area contributed by atoms with Crippen LogP contribution in [0, 0.1) is 11.7 Å². The first-order valence-corrected chi connectivity index (χ1v) is 16.8. The van der Waals surface area contributed by atoms with Crippen molar-refractivity contribution in [2.75, 3.05) is 42.7 Å². The van der Waals surface area contributed by atoms with Crippen molar-refractivity contribution >= 4 is 38.2 Å². The Morgan fingerprint density at radius 3 is 2.56 bits per heavy atom. The number of sulfonamides is 1. The van der Waals surface area contributed by atoms with E-state index in [0.29, 0.717) is 48.1 Å². The van der Waals surface area contributed by atoms with E-state index in [4.69, 9.17) is 9.47 Å². The highest BCUT2D eigenvalue weighted by Crippen LogP contribution is 2.57. The van der Waals surface area contributed by atoms with Crippen LogP contribution in [0.3, 0.4) is 0 Å². The van der Waals surface area contributed by atoms with Crippen LogP contribution in [0.1, 0.15) is 32.3 Å². The lowest BCUT2D eigenvalue weighted by atomic mass is 9.58. The maximum atomic E-state index is 15.7. The summed E-state index contributed by atoms with van der Waals surface area (Å²) < 4.78 is 54.2. The van der Waals surface area contributed by atoms with Crippen molar-refractivity contribution in [1.82, 2.24) is 15.3 Å². The third kappa shape index (κ3) is 6.04. The minimum absolute atomic E-state index is 0.0107. The molecule has 3 heterocycles. The second-order valence-electron chi connectivity index (χ2n) is 12.1. The number of hydrogen-bond acceptors (Lipinski definition) is 8. The first kappa shape index (κ1) is 30.7. The number of hydrogen-bond donors (Lipinski definition) is 2. The summed E-state index contributed by atoms with van der Waals surface area (Å²) >= 11 is 0. The zero-order valence-corrected chi connectivity index (χ0v) is 26.4. The van der Waals surface area contributed by atoms with Gasteiger partial charge in [-0.05, 0) is 43.0 Å². The highest BCUT2D eigenvalue weighted by Gasteiger charge is 2.58. The molecule has 2 aliphatic rings. The number of carbonyl (C=O) groups is 1. The van der Waals surface area contributed by atoms with Gasteiger partial charge in [-0.25, -0.2) is 17.8 Å². The van der Waals surface area contributed by atoms with E-state index in [0.717, 1.165) is 17.6 Å². The molecule has 1 aliphatic carbocycles. The molecular weight excluding hydrogens is 597 g/mol. The molecule has 2 aromatic heterocycles. The number of likely N-dealkylation sites (N-methyl/N-ethyl adjacent to an activating group) is 1. The van der Waals surface area contributed by atoms with Crippen LogP contribution in [0.15, 0.2) is 60.9 Å². The van der Waals surface area contributed by atoms with Gasteiger partial charge in [0.2, 0.25) is 21.8 Å². The molecule has 12 heteroatoms. The molecule has 1 saturated carbocycles. The van der Waals surface area contributed by atoms with E-state index in [1.807, 2.05) is 44.2 Å². The number of halogens is 1. The number of rotatable bonds is 11. The highest BCUT2D eigenvalue weighted by atomic mass is 32.2. The summed E-state index contributed by atoms with van der Waals surface area (Å²) in [6, 6.07) is 14.4. The van der Waals surface area contributed by atoms with Crippen molar-refractivity contribution in [2.45, 2.75) is 38.1 Å². The number of benzene rings is 2. The maximum absolute atomic E-state index is 15.7. The number of carbonyl (C=O) groups excluding carboxylic acids is 1. The normalized spacial score (nSPS) is 19.2. The maximum Gasteiger partial charge on any atom is 0.238 e. The lowest BCUT2D eigenvalue weighted by molar-refractivity contribution is -0.128. The SMILES string of the molecule is CC(C)NCCOc1ncc(-c2cc3c4c(cnc3cc2F)N(C)C(=O)C42CC(COc3ccccc3)C2)cc1NS(C)(=O)=O. The molecular formula is C33H36FN5O5S. The lowest BCUT2D eigenvalue weighted by Crippen LogP contribution is -2.50. The Morgan fingerprint density at radius 2 is 1.84 bits per heavy atom. The van der Waals surface area contributed by atoms with Crippen LogP contribution in [0.5, 0.6) is 11.6 Å².